The van der Waals surface area contributed by atoms with Gasteiger partial charge >= 0.3 is 0 Å². The van der Waals surface area contributed by atoms with E-state index in [4.69, 9.17) is 11.6 Å². The first-order valence-corrected chi connectivity index (χ1v) is 7.61. The average molecular weight is 282 g/mol. The number of aromatic nitrogens is 1. The van der Waals surface area contributed by atoms with Gasteiger partial charge in [-0.3, -0.25) is 4.90 Å². The van der Waals surface area contributed by atoms with E-state index in [1.807, 2.05) is 12.1 Å². The smallest absolute Gasteiger partial charge is 0.126 e. The second-order valence-corrected chi connectivity index (χ2v) is 6.02. The molecule has 2 heterocycles. The molecule has 0 saturated carbocycles. The Morgan fingerprint density at radius 3 is 2.89 bits per heavy atom. The van der Waals surface area contributed by atoms with Gasteiger partial charge in [0.1, 0.15) is 5.82 Å². The maximum Gasteiger partial charge on any atom is 0.126 e. The highest BCUT2D eigenvalue weighted by molar-refractivity contribution is 6.31. The van der Waals surface area contributed by atoms with Crippen LogP contribution < -0.4 is 5.32 Å². The van der Waals surface area contributed by atoms with E-state index < -0.39 is 0 Å². The number of hydrogen-bond acceptors (Lipinski definition) is 3. The average Bonchev–Trinajstić information content (AvgIpc) is 2.38. The number of hydrogen-bond donors (Lipinski definition) is 1. The fraction of sp³-hybridized carbons (Fsp3) is 0.667. The minimum Gasteiger partial charge on any atom is -0.370 e. The summed E-state index contributed by atoms with van der Waals surface area (Å²) < 4.78 is 0. The molecule has 0 amide bonds. The van der Waals surface area contributed by atoms with E-state index in [1.165, 1.54) is 12.8 Å². The number of nitrogens with one attached hydrogen (secondary N) is 1. The van der Waals surface area contributed by atoms with Crippen molar-refractivity contribution in [3.8, 4) is 0 Å². The second-order valence-electron chi connectivity index (χ2n) is 5.62. The van der Waals surface area contributed by atoms with Crippen molar-refractivity contribution in [2.24, 2.45) is 5.92 Å². The molecule has 1 N–H and O–H groups in total. The van der Waals surface area contributed by atoms with Crippen LogP contribution >= 0.6 is 11.6 Å². The Morgan fingerprint density at radius 1 is 1.37 bits per heavy atom. The fourth-order valence-corrected chi connectivity index (χ4v) is 2.83. The van der Waals surface area contributed by atoms with E-state index in [1.54, 1.807) is 0 Å². The van der Waals surface area contributed by atoms with Gasteiger partial charge in [-0.05, 0) is 44.7 Å². The van der Waals surface area contributed by atoms with E-state index in [0.29, 0.717) is 6.04 Å². The largest absolute Gasteiger partial charge is 0.370 e. The predicted octanol–water partition coefficient (Wildman–Crippen LogP) is 3.79. The van der Waals surface area contributed by atoms with Gasteiger partial charge in [-0.2, -0.15) is 0 Å². The van der Waals surface area contributed by atoms with E-state index in [9.17, 15) is 0 Å². The highest BCUT2D eigenvalue weighted by Gasteiger charge is 2.23. The van der Waals surface area contributed by atoms with Crippen molar-refractivity contribution in [1.29, 1.82) is 0 Å². The maximum absolute atomic E-state index is 6.28. The van der Waals surface area contributed by atoms with Crippen LogP contribution in [-0.2, 0) is 6.54 Å². The van der Waals surface area contributed by atoms with Gasteiger partial charge in [0.15, 0.2) is 0 Å². The Balaban J connectivity index is 2.10. The van der Waals surface area contributed by atoms with Crippen LogP contribution in [0.5, 0.6) is 0 Å². The van der Waals surface area contributed by atoms with Gasteiger partial charge in [-0.15, -0.1) is 0 Å². The minimum atomic E-state index is 0.622. The molecule has 1 fully saturated rings. The van der Waals surface area contributed by atoms with Gasteiger partial charge in [-0.25, -0.2) is 4.98 Å². The standard InChI is InChI=1S/C15H24ClN3/c1-4-17-15-8-7-13(16)14(18-15)10-19-9-11(2)5-6-12(19)3/h7-8,11-12H,4-6,9-10H2,1-3H3,(H,17,18). The minimum absolute atomic E-state index is 0.622. The summed E-state index contributed by atoms with van der Waals surface area (Å²) in [4.78, 5) is 7.13. The maximum atomic E-state index is 6.28. The lowest BCUT2D eigenvalue weighted by Gasteiger charge is -2.36. The van der Waals surface area contributed by atoms with E-state index >= 15 is 0 Å². The molecule has 0 aromatic carbocycles. The third-order valence-corrected chi connectivity index (χ3v) is 4.22. The lowest BCUT2D eigenvalue weighted by Crippen LogP contribution is -2.40. The quantitative estimate of drug-likeness (QED) is 0.910. The zero-order chi connectivity index (χ0) is 13.8. The molecule has 0 aliphatic carbocycles. The molecular weight excluding hydrogens is 258 g/mol. The summed E-state index contributed by atoms with van der Waals surface area (Å²) in [5.41, 5.74) is 0.987. The highest BCUT2D eigenvalue weighted by Crippen LogP contribution is 2.25. The third-order valence-electron chi connectivity index (χ3n) is 3.88. The number of pyridine rings is 1. The van der Waals surface area contributed by atoms with Crippen LogP contribution in [0.25, 0.3) is 0 Å². The number of anilines is 1. The third kappa shape index (κ3) is 3.83. The summed E-state index contributed by atoms with van der Waals surface area (Å²) in [5, 5.41) is 4.01. The zero-order valence-corrected chi connectivity index (χ0v) is 12.9. The predicted molar refractivity (Wildman–Crippen MR) is 81.7 cm³/mol. The lowest BCUT2D eigenvalue weighted by atomic mass is 9.95. The van der Waals surface area contributed by atoms with Crippen molar-refractivity contribution in [3.63, 3.8) is 0 Å². The first kappa shape index (κ1) is 14.6. The molecule has 2 unspecified atom stereocenters. The molecule has 3 nitrogen and oxygen atoms in total. The number of likely N-dealkylation sites (tertiary alicyclic amines) is 1. The van der Waals surface area contributed by atoms with Gasteiger partial charge in [-0.1, -0.05) is 18.5 Å². The lowest BCUT2D eigenvalue weighted by molar-refractivity contribution is 0.116. The van der Waals surface area contributed by atoms with Crippen LogP contribution in [0.4, 0.5) is 5.82 Å². The Morgan fingerprint density at radius 2 is 2.16 bits per heavy atom. The van der Waals surface area contributed by atoms with Crippen LogP contribution in [0, 0.1) is 5.92 Å². The SMILES string of the molecule is CCNc1ccc(Cl)c(CN2CC(C)CCC2C)n1. The zero-order valence-electron chi connectivity index (χ0n) is 12.1. The Bertz CT molecular complexity index is 422. The molecule has 0 bridgehead atoms. The monoisotopic (exact) mass is 281 g/mol. The molecular formula is C15H24ClN3. The summed E-state index contributed by atoms with van der Waals surface area (Å²) >= 11 is 6.28. The van der Waals surface area contributed by atoms with E-state index in [-0.39, 0.29) is 0 Å². The van der Waals surface area contributed by atoms with Crippen molar-refractivity contribution in [3.05, 3.63) is 22.8 Å². The van der Waals surface area contributed by atoms with Crippen molar-refractivity contribution in [1.82, 2.24) is 9.88 Å². The molecule has 1 aliphatic rings. The number of nitrogens with zero attached hydrogens (tertiary/aromatic N) is 2. The van der Waals surface area contributed by atoms with Gasteiger partial charge in [0, 0.05) is 25.7 Å². The van der Waals surface area contributed by atoms with Crippen molar-refractivity contribution >= 4 is 17.4 Å². The summed E-state index contributed by atoms with van der Waals surface area (Å²) in [6, 6.07) is 4.51. The molecule has 1 saturated heterocycles. The van der Waals surface area contributed by atoms with Crippen LogP contribution in [-0.4, -0.2) is 29.0 Å². The Hall–Kier alpha value is -0.800. The van der Waals surface area contributed by atoms with Crippen LogP contribution in [0.1, 0.15) is 39.3 Å². The van der Waals surface area contributed by atoms with Crippen LogP contribution in [0.2, 0.25) is 5.02 Å². The molecule has 106 valence electrons. The van der Waals surface area contributed by atoms with Crippen molar-refractivity contribution in [2.75, 3.05) is 18.4 Å². The molecule has 1 aromatic heterocycles. The molecule has 2 rings (SSSR count). The highest BCUT2D eigenvalue weighted by atomic mass is 35.5. The Kier molecular flexibility index (Phi) is 5.06. The molecule has 0 radical (unpaired) electrons. The molecule has 19 heavy (non-hydrogen) atoms. The second kappa shape index (κ2) is 6.58. The number of halogens is 1. The van der Waals surface area contributed by atoms with Gasteiger partial charge in [0.25, 0.3) is 0 Å². The van der Waals surface area contributed by atoms with Crippen LogP contribution in [0.3, 0.4) is 0 Å². The normalized spacial score (nSPS) is 24.4. The van der Waals surface area contributed by atoms with Crippen LogP contribution in [0.15, 0.2) is 12.1 Å². The summed E-state index contributed by atoms with van der Waals surface area (Å²) in [6.45, 7) is 9.57. The number of piperidine rings is 1. The van der Waals surface area contributed by atoms with Gasteiger partial charge in [0.2, 0.25) is 0 Å². The first-order chi connectivity index (χ1) is 9.10. The fourth-order valence-electron chi connectivity index (χ4n) is 2.67. The molecule has 4 heteroatoms. The van der Waals surface area contributed by atoms with Crippen molar-refractivity contribution < 1.29 is 0 Å². The summed E-state index contributed by atoms with van der Waals surface area (Å²) in [5.74, 6) is 1.69. The molecule has 2 atom stereocenters. The summed E-state index contributed by atoms with van der Waals surface area (Å²) in [7, 11) is 0. The van der Waals surface area contributed by atoms with Gasteiger partial charge < -0.3 is 5.32 Å². The molecule has 1 aromatic rings. The van der Waals surface area contributed by atoms with Gasteiger partial charge in [0.05, 0.1) is 10.7 Å². The van der Waals surface area contributed by atoms with E-state index in [0.717, 1.165) is 42.1 Å². The molecule has 1 aliphatic heterocycles. The molecule has 0 spiro atoms. The topological polar surface area (TPSA) is 28.2 Å². The number of rotatable bonds is 4. The first-order valence-electron chi connectivity index (χ1n) is 7.23. The summed E-state index contributed by atoms with van der Waals surface area (Å²) in [6.07, 6.45) is 2.60. The Labute approximate surface area is 121 Å². The van der Waals surface area contributed by atoms with Crippen molar-refractivity contribution in [2.45, 2.75) is 46.2 Å². The van der Waals surface area contributed by atoms with E-state index in [2.05, 4.69) is 36.0 Å².